The second-order valence-corrected chi connectivity index (χ2v) is 8.59. The van der Waals surface area contributed by atoms with Crippen molar-refractivity contribution < 1.29 is 17.6 Å². The van der Waals surface area contributed by atoms with Crippen molar-refractivity contribution in [3.8, 4) is 0 Å². The van der Waals surface area contributed by atoms with Gasteiger partial charge in [0.05, 0.1) is 16.6 Å². The molecule has 0 aliphatic heterocycles. The number of nitrogens with one attached hydrogen (secondary N) is 2. The number of benzene rings is 3. The standard InChI is InChI=1S/C23H23FN2O3S/c1-3-21(19-12-5-4-9-16(19)2)25-23(27)17-10-8-11-18(15-17)30(28,29)26-22-14-7-6-13-20(22)24/h4-15,21,26H,3H2,1-2H3,(H,25,27)/t21-/m1/s1. The van der Waals surface area contributed by atoms with E-state index in [2.05, 4.69) is 10.0 Å². The molecule has 3 aromatic rings. The van der Waals surface area contributed by atoms with E-state index in [9.17, 15) is 17.6 Å². The second kappa shape index (κ2) is 9.09. The Morgan fingerprint density at radius 1 is 1.00 bits per heavy atom. The fourth-order valence-corrected chi connectivity index (χ4v) is 4.28. The lowest BCUT2D eigenvalue weighted by Gasteiger charge is -2.19. The van der Waals surface area contributed by atoms with Crippen LogP contribution in [0.4, 0.5) is 10.1 Å². The molecule has 2 N–H and O–H groups in total. The maximum atomic E-state index is 13.8. The van der Waals surface area contributed by atoms with Crippen LogP contribution in [0.1, 0.15) is 40.9 Å². The molecule has 0 spiro atoms. The van der Waals surface area contributed by atoms with Gasteiger partial charge in [0.25, 0.3) is 15.9 Å². The van der Waals surface area contributed by atoms with Gasteiger partial charge in [0.1, 0.15) is 5.82 Å². The molecule has 0 aromatic heterocycles. The Balaban J connectivity index is 1.83. The van der Waals surface area contributed by atoms with Gasteiger partial charge in [0.15, 0.2) is 0 Å². The first-order valence-corrected chi connectivity index (χ1v) is 11.0. The normalized spacial score (nSPS) is 12.2. The van der Waals surface area contributed by atoms with Crippen molar-refractivity contribution in [1.29, 1.82) is 0 Å². The molecule has 0 radical (unpaired) electrons. The lowest BCUT2D eigenvalue weighted by atomic mass is 9.99. The van der Waals surface area contributed by atoms with Crippen molar-refractivity contribution in [2.24, 2.45) is 0 Å². The van der Waals surface area contributed by atoms with Gasteiger partial charge in [-0.2, -0.15) is 0 Å². The topological polar surface area (TPSA) is 75.3 Å². The molecule has 0 bridgehead atoms. The van der Waals surface area contributed by atoms with Crippen molar-refractivity contribution in [2.45, 2.75) is 31.2 Å². The molecule has 0 saturated heterocycles. The Morgan fingerprint density at radius 2 is 1.70 bits per heavy atom. The van der Waals surface area contributed by atoms with Crippen LogP contribution in [0.25, 0.3) is 0 Å². The molecule has 0 fully saturated rings. The summed E-state index contributed by atoms with van der Waals surface area (Å²) in [5.41, 5.74) is 2.13. The lowest BCUT2D eigenvalue weighted by Crippen LogP contribution is -2.28. The molecule has 3 rings (SSSR count). The van der Waals surface area contributed by atoms with Crippen LogP contribution in [0.15, 0.2) is 77.7 Å². The maximum absolute atomic E-state index is 13.8. The third-order valence-electron chi connectivity index (χ3n) is 4.80. The Hall–Kier alpha value is -3.19. The van der Waals surface area contributed by atoms with E-state index >= 15 is 0 Å². The zero-order chi connectivity index (χ0) is 21.7. The number of anilines is 1. The number of amides is 1. The Kier molecular flexibility index (Phi) is 6.52. The smallest absolute Gasteiger partial charge is 0.262 e. The van der Waals surface area contributed by atoms with Gasteiger partial charge in [0, 0.05) is 5.56 Å². The van der Waals surface area contributed by atoms with Crippen LogP contribution < -0.4 is 10.0 Å². The SMILES string of the molecule is CC[C@@H](NC(=O)c1cccc(S(=O)(=O)Nc2ccccc2F)c1)c1ccccc1C. The number of rotatable bonds is 7. The van der Waals surface area contributed by atoms with Crippen LogP contribution in [0.5, 0.6) is 0 Å². The number of carbonyl (C=O) groups is 1. The quantitative estimate of drug-likeness (QED) is 0.569. The molecule has 0 heterocycles. The fourth-order valence-electron chi connectivity index (χ4n) is 3.17. The lowest BCUT2D eigenvalue weighted by molar-refractivity contribution is 0.0935. The van der Waals surface area contributed by atoms with Gasteiger partial charge in [-0.15, -0.1) is 0 Å². The highest BCUT2D eigenvalue weighted by Gasteiger charge is 2.20. The number of aryl methyl sites for hydroxylation is 1. The summed E-state index contributed by atoms with van der Waals surface area (Å²) in [7, 11) is -4.05. The Labute approximate surface area is 176 Å². The number of para-hydroxylation sites is 1. The van der Waals surface area contributed by atoms with Crippen LogP contribution in [-0.4, -0.2) is 14.3 Å². The highest BCUT2D eigenvalue weighted by atomic mass is 32.2. The monoisotopic (exact) mass is 426 g/mol. The summed E-state index contributed by atoms with van der Waals surface area (Å²) >= 11 is 0. The van der Waals surface area contributed by atoms with Gasteiger partial charge in [-0.05, 0) is 54.8 Å². The van der Waals surface area contributed by atoms with E-state index in [0.29, 0.717) is 6.42 Å². The summed E-state index contributed by atoms with van der Waals surface area (Å²) in [4.78, 5) is 12.7. The highest BCUT2D eigenvalue weighted by Crippen LogP contribution is 2.22. The van der Waals surface area contributed by atoms with Crippen molar-refractivity contribution in [2.75, 3.05) is 4.72 Å². The third-order valence-corrected chi connectivity index (χ3v) is 6.17. The van der Waals surface area contributed by atoms with E-state index in [0.717, 1.165) is 17.2 Å². The van der Waals surface area contributed by atoms with Gasteiger partial charge < -0.3 is 5.32 Å². The van der Waals surface area contributed by atoms with Gasteiger partial charge in [0.2, 0.25) is 0 Å². The molecule has 0 saturated carbocycles. The van der Waals surface area contributed by atoms with Gasteiger partial charge in [-0.25, -0.2) is 12.8 Å². The van der Waals surface area contributed by atoms with Crippen molar-refractivity contribution in [3.05, 3.63) is 95.3 Å². The molecule has 0 aliphatic carbocycles. The van der Waals surface area contributed by atoms with Crippen LogP contribution >= 0.6 is 0 Å². The van der Waals surface area contributed by atoms with E-state index in [1.807, 2.05) is 38.1 Å². The van der Waals surface area contributed by atoms with E-state index in [1.54, 1.807) is 6.07 Å². The zero-order valence-electron chi connectivity index (χ0n) is 16.7. The van der Waals surface area contributed by atoms with E-state index < -0.39 is 15.8 Å². The molecule has 3 aromatic carbocycles. The van der Waals surface area contributed by atoms with Crippen LogP contribution in [-0.2, 0) is 10.0 Å². The van der Waals surface area contributed by atoms with Crippen LogP contribution in [0, 0.1) is 12.7 Å². The van der Waals surface area contributed by atoms with Gasteiger partial charge in [-0.3, -0.25) is 9.52 Å². The summed E-state index contributed by atoms with van der Waals surface area (Å²) < 4.78 is 41.4. The first-order valence-electron chi connectivity index (χ1n) is 9.55. The number of carbonyl (C=O) groups excluding carboxylic acids is 1. The molecule has 5 nitrogen and oxygen atoms in total. The molecule has 1 amide bonds. The van der Waals surface area contributed by atoms with Crippen molar-refractivity contribution >= 4 is 21.6 Å². The molecule has 30 heavy (non-hydrogen) atoms. The fraction of sp³-hybridized carbons (Fsp3) is 0.174. The molecule has 0 aliphatic rings. The minimum Gasteiger partial charge on any atom is -0.345 e. The Bertz CT molecular complexity index is 1160. The molecule has 1 atom stereocenters. The predicted octanol–water partition coefficient (Wildman–Crippen LogP) is 4.82. The third kappa shape index (κ3) is 4.86. The Morgan fingerprint density at radius 3 is 2.40 bits per heavy atom. The second-order valence-electron chi connectivity index (χ2n) is 6.90. The summed E-state index contributed by atoms with van der Waals surface area (Å²) in [6.07, 6.45) is 0.684. The molecular weight excluding hydrogens is 403 g/mol. The van der Waals surface area contributed by atoms with E-state index in [4.69, 9.17) is 0 Å². The summed E-state index contributed by atoms with van der Waals surface area (Å²) in [5.74, 6) is -1.06. The number of hydrogen-bond acceptors (Lipinski definition) is 3. The zero-order valence-corrected chi connectivity index (χ0v) is 17.5. The number of halogens is 1. The summed E-state index contributed by atoms with van der Waals surface area (Å²) in [5, 5.41) is 2.96. The van der Waals surface area contributed by atoms with Crippen molar-refractivity contribution in [1.82, 2.24) is 5.32 Å². The van der Waals surface area contributed by atoms with Crippen LogP contribution in [0.3, 0.4) is 0 Å². The minimum atomic E-state index is -4.05. The average Bonchev–Trinajstić information content (AvgIpc) is 2.74. The summed E-state index contributed by atoms with van der Waals surface area (Å²) in [6, 6.07) is 18.8. The first kappa shape index (κ1) is 21.5. The molecule has 156 valence electrons. The van der Waals surface area contributed by atoms with Crippen LogP contribution in [0.2, 0.25) is 0 Å². The highest BCUT2D eigenvalue weighted by molar-refractivity contribution is 7.92. The van der Waals surface area contributed by atoms with Crippen molar-refractivity contribution in [3.63, 3.8) is 0 Å². The van der Waals surface area contributed by atoms with E-state index in [1.165, 1.54) is 36.4 Å². The molecule has 0 unspecified atom stereocenters. The van der Waals surface area contributed by atoms with E-state index in [-0.39, 0.29) is 28.1 Å². The van der Waals surface area contributed by atoms with Gasteiger partial charge in [-0.1, -0.05) is 49.4 Å². The minimum absolute atomic E-state index is 0.123. The first-order chi connectivity index (χ1) is 14.3. The molecule has 7 heteroatoms. The largest absolute Gasteiger partial charge is 0.345 e. The predicted molar refractivity (Wildman–Crippen MR) is 115 cm³/mol. The number of sulfonamides is 1. The maximum Gasteiger partial charge on any atom is 0.262 e. The average molecular weight is 427 g/mol. The summed E-state index contributed by atoms with van der Waals surface area (Å²) in [6.45, 7) is 3.95. The molecular formula is C23H23FN2O3S. The van der Waals surface area contributed by atoms with Gasteiger partial charge >= 0.3 is 0 Å². The number of hydrogen-bond donors (Lipinski definition) is 2.